The predicted octanol–water partition coefficient (Wildman–Crippen LogP) is 3.32. The molecule has 0 fully saturated rings. The van der Waals surface area contributed by atoms with E-state index in [9.17, 15) is 14.4 Å². The molecule has 2 aromatic carbocycles. The molecule has 0 bridgehead atoms. The highest BCUT2D eigenvalue weighted by Crippen LogP contribution is 2.24. The van der Waals surface area contributed by atoms with Crippen molar-refractivity contribution in [2.75, 3.05) is 13.2 Å². The highest BCUT2D eigenvalue weighted by atomic mass is 16.5. The number of nitrogens with zero attached hydrogens (tertiary/aromatic N) is 1. The van der Waals surface area contributed by atoms with Gasteiger partial charge in [0.15, 0.2) is 0 Å². The van der Waals surface area contributed by atoms with Crippen LogP contribution in [0.4, 0.5) is 0 Å². The number of ether oxygens (including phenoxy) is 1. The number of aromatic amines is 1. The van der Waals surface area contributed by atoms with Gasteiger partial charge in [0.2, 0.25) is 0 Å². The molecule has 1 aliphatic rings. The molecule has 2 amide bonds. The maximum atomic E-state index is 12.5. The molecule has 136 valence electrons. The topological polar surface area (TPSA) is 79.5 Å². The van der Waals surface area contributed by atoms with Gasteiger partial charge < -0.3 is 9.72 Å². The lowest BCUT2D eigenvalue weighted by Crippen LogP contribution is -2.31. The summed E-state index contributed by atoms with van der Waals surface area (Å²) in [5.41, 5.74) is 3.00. The molecule has 3 aromatic rings. The van der Waals surface area contributed by atoms with Crippen molar-refractivity contribution in [3.05, 3.63) is 70.9 Å². The van der Waals surface area contributed by atoms with Crippen LogP contribution in [0.2, 0.25) is 0 Å². The molecule has 1 aromatic heterocycles. The summed E-state index contributed by atoms with van der Waals surface area (Å²) in [6, 6.07) is 14.3. The molecular formula is C21H18N2O4. The summed E-state index contributed by atoms with van der Waals surface area (Å²) in [7, 11) is 0. The molecule has 0 aliphatic carbocycles. The Kier molecular flexibility index (Phi) is 4.24. The number of fused-ring (bicyclic) bond motifs is 2. The average Bonchev–Trinajstić information content (AvgIpc) is 3.13. The van der Waals surface area contributed by atoms with E-state index >= 15 is 0 Å². The third kappa shape index (κ3) is 2.89. The zero-order chi connectivity index (χ0) is 19.0. The molecule has 4 rings (SSSR count). The Balaban J connectivity index is 1.37. The van der Waals surface area contributed by atoms with Gasteiger partial charge in [-0.3, -0.25) is 14.5 Å². The molecule has 0 radical (unpaired) electrons. The number of benzene rings is 2. The number of amides is 2. The quantitative estimate of drug-likeness (QED) is 0.429. The second kappa shape index (κ2) is 6.72. The molecule has 6 nitrogen and oxygen atoms in total. The molecule has 0 saturated heterocycles. The molecule has 0 unspecified atom stereocenters. The number of carbonyl (C=O) groups is 3. The number of hydrogen-bond acceptors (Lipinski definition) is 4. The SMILES string of the molecule is Cc1[nH]c2ccccc2c1C(=O)OCCCN1C(=O)c2ccccc2C1=O. The number of nitrogens with one attached hydrogen (secondary N) is 1. The number of aromatic nitrogens is 1. The minimum atomic E-state index is -0.410. The Bertz CT molecular complexity index is 1030. The summed E-state index contributed by atoms with van der Waals surface area (Å²) in [6.07, 6.45) is 0.388. The average molecular weight is 362 g/mol. The van der Waals surface area contributed by atoms with Crippen molar-refractivity contribution in [3.63, 3.8) is 0 Å². The fourth-order valence-corrected chi connectivity index (χ4v) is 3.44. The molecule has 0 spiro atoms. The fourth-order valence-electron chi connectivity index (χ4n) is 3.44. The van der Waals surface area contributed by atoms with Crippen LogP contribution < -0.4 is 0 Å². The van der Waals surface area contributed by atoms with Crippen LogP contribution in [-0.2, 0) is 4.74 Å². The van der Waals surface area contributed by atoms with E-state index in [0.717, 1.165) is 16.6 Å². The Labute approximate surface area is 155 Å². The van der Waals surface area contributed by atoms with Crippen LogP contribution in [-0.4, -0.2) is 40.8 Å². The van der Waals surface area contributed by atoms with Crippen LogP contribution >= 0.6 is 0 Å². The number of aryl methyl sites for hydroxylation is 1. The van der Waals surface area contributed by atoms with Gasteiger partial charge in [0.05, 0.1) is 23.3 Å². The fraction of sp³-hybridized carbons (Fsp3) is 0.190. The van der Waals surface area contributed by atoms with Gasteiger partial charge in [-0.25, -0.2) is 4.79 Å². The normalized spacial score (nSPS) is 13.3. The first-order chi connectivity index (χ1) is 13.1. The lowest BCUT2D eigenvalue weighted by molar-refractivity contribution is 0.0484. The smallest absolute Gasteiger partial charge is 0.340 e. The zero-order valence-electron chi connectivity index (χ0n) is 14.8. The Morgan fingerprint density at radius 3 is 2.33 bits per heavy atom. The Morgan fingerprint density at radius 1 is 1.00 bits per heavy atom. The van der Waals surface area contributed by atoms with E-state index < -0.39 is 5.97 Å². The van der Waals surface area contributed by atoms with Crippen molar-refractivity contribution in [3.8, 4) is 0 Å². The van der Waals surface area contributed by atoms with Crippen molar-refractivity contribution >= 4 is 28.7 Å². The third-order valence-corrected chi connectivity index (χ3v) is 4.74. The minimum Gasteiger partial charge on any atom is -0.462 e. The summed E-state index contributed by atoms with van der Waals surface area (Å²) in [6.45, 7) is 2.17. The third-order valence-electron chi connectivity index (χ3n) is 4.74. The van der Waals surface area contributed by atoms with Crippen LogP contribution in [0, 0.1) is 6.92 Å². The first-order valence-corrected chi connectivity index (χ1v) is 8.77. The number of imide groups is 1. The minimum absolute atomic E-state index is 0.130. The molecule has 1 N–H and O–H groups in total. The Morgan fingerprint density at radius 2 is 1.63 bits per heavy atom. The highest BCUT2D eigenvalue weighted by Gasteiger charge is 2.34. The number of para-hydroxylation sites is 1. The van der Waals surface area contributed by atoms with Gasteiger partial charge in [-0.05, 0) is 31.5 Å². The van der Waals surface area contributed by atoms with Crippen molar-refractivity contribution < 1.29 is 19.1 Å². The molecule has 1 aliphatic heterocycles. The standard InChI is InChI=1S/C21H18N2O4/c1-13-18(16-9-4-5-10-17(16)22-13)21(26)27-12-6-11-23-19(24)14-7-2-3-8-15(14)20(23)25/h2-5,7-10,22H,6,11-12H2,1H3. The van der Waals surface area contributed by atoms with Crippen molar-refractivity contribution in [2.24, 2.45) is 0 Å². The lowest BCUT2D eigenvalue weighted by Gasteiger charge is -2.13. The van der Waals surface area contributed by atoms with E-state index in [-0.39, 0.29) is 25.0 Å². The molecular weight excluding hydrogens is 344 g/mol. The van der Waals surface area contributed by atoms with Crippen molar-refractivity contribution in [1.82, 2.24) is 9.88 Å². The van der Waals surface area contributed by atoms with E-state index in [4.69, 9.17) is 4.74 Å². The first-order valence-electron chi connectivity index (χ1n) is 8.77. The number of esters is 1. The number of carbonyl (C=O) groups excluding carboxylic acids is 3. The van der Waals surface area contributed by atoms with E-state index in [2.05, 4.69) is 4.98 Å². The largest absolute Gasteiger partial charge is 0.462 e. The maximum absolute atomic E-state index is 12.5. The van der Waals surface area contributed by atoms with Gasteiger partial charge in [-0.1, -0.05) is 30.3 Å². The molecule has 6 heteroatoms. The predicted molar refractivity (Wildman–Crippen MR) is 99.7 cm³/mol. The second-order valence-corrected chi connectivity index (χ2v) is 6.47. The van der Waals surface area contributed by atoms with Gasteiger partial charge in [0.1, 0.15) is 0 Å². The molecule has 0 atom stereocenters. The molecule has 0 saturated carbocycles. The van der Waals surface area contributed by atoms with Gasteiger partial charge in [0.25, 0.3) is 11.8 Å². The summed E-state index contributed by atoms with van der Waals surface area (Å²) in [5.74, 6) is -1.00. The maximum Gasteiger partial charge on any atom is 0.340 e. The summed E-state index contributed by atoms with van der Waals surface area (Å²) in [4.78, 5) is 41.4. The second-order valence-electron chi connectivity index (χ2n) is 6.47. The number of H-pyrrole nitrogens is 1. The number of hydrogen-bond donors (Lipinski definition) is 1. The monoisotopic (exact) mass is 362 g/mol. The highest BCUT2D eigenvalue weighted by molar-refractivity contribution is 6.21. The van der Waals surface area contributed by atoms with E-state index in [0.29, 0.717) is 23.1 Å². The van der Waals surface area contributed by atoms with Gasteiger partial charge in [-0.2, -0.15) is 0 Å². The first kappa shape index (κ1) is 17.0. The van der Waals surface area contributed by atoms with Crippen LogP contribution in [0.3, 0.4) is 0 Å². The van der Waals surface area contributed by atoms with Crippen molar-refractivity contribution in [2.45, 2.75) is 13.3 Å². The van der Waals surface area contributed by atoms with Gasteiger partial charge in [-0.15, -0.1) is 0 Å². The summed E-state index contributed by atoms with van der Waals surface area (Å²) < 4.78 is 5.37. The van der Waals surface area contributed by atoms with E-state index in [1.54, 1.807) is 24.3 Å². The Hall–Kier alpha value is -3.41. The summed E-state index contributed by atoms with van der Waals surface area (Å²) >= 11 is 0. The molecule has 27 heavy (non-hydrogen) atoms. The van der Waals surface area contributed by atoms with Gasteiger partial charge in [0, 0.05) is 23.1 Å². The molecule has 2 heterocycles. The van der Waals surface area contributed by atoms with Crippen LogP contribution in [0.1, 0.15) is 43.2 Å². The van der Waals surface area contributed by atoms with Crippen LogP contribution in [0.25, 0.3) is 10.9 Å². The van der Waals surface area contributed by atoms with Crippen LogP contribution in [0.5, 0.6) is 0 Å². The van der Waals surface area contributed by atoms with Crippen LogP contribution in [0.15, 0.2) is 48.5 Å². The van der Waals surface area contributed by atoms with E-state index in [1.807, 2.05) is 31.2 Å². The van der Waals surface area contributed by atoms with Gasteiger partial charge >= 0.3 is 5.97 Å². The summed E-state index contributed by atoms with van der Waals surface area (Å²) in [5, 5.41) is 0.820. The van der Waals surface area contributed by atoms with E-state index in [1.165, 1.54) is 4.90 Å². The van der Waals surface area contributed by atoms with Crippen molar-refractivity contribution in [1.29, 1.82) is 0 Å². The zero-order valence-corrected chi connectivity index (χ0v) is 14.8. The lowest BCUT2D eigenvalue weighted by atomic mass is 10.1. The number of rotatable bonds is 5.